The molecule has 1 amide bonds. The van der Waals surface area contributed by atoms with Gasteiger partial charge in [-0.05, 0) is 45.9 Å². The van der Waals surface area contributed by atoms with Crippen LogP contribution in [0.1, 0.15) is 24.3 Å². The predicted molar refractivity (Wildman–Crippen MR) is 146 cm³/mol. The van der Waals surface area contributed by atoms with Crippen LogP contribution >= 0.6 is 43.6 Å². The van der Waals surface area contributed by atoms with Crippen LogP contribution < -0.4 is 14.4 Å². The van der Waals surface area contributed by atoms with Crippen molar-refractivity contribution in [2.45, 2.75) is 24.9 Å². The molecule has 0 aliphatic carbocycles. The first-order valence-corrected chi connectivity index (χ1v) is 13.8. The Labute approximate surface area is 229 Å². The van der Waals surface area contributed by atoms with Crippen molar-refractivity contribution in [3.05, 3.63) is 86.8 Å². The highest BCUT2D eigenvalue weighted by molar-refractivity contribution is 9.11. The number of amides is 1. The average molecular weight is 628 g/mol. The Morgan fingerprint density at radius 2 is 1.83 bits per heavy atom. The molecule has 0 saturated heterocycles. The van der Waals surface area contributed by atoms with Gasteiger partial charge in [-0.3, -0.25) is 9.69 Å². The number of para-hydroxylation sites is 1. The highest BCUT2D eigenvalue weighted by atomic mass is 79.9. The van der Waals surface area contributed by atoms with E-state index in [0.29, 0.717) is 45.9 Å². The summed E-state index contributed by atoms with van der Waals surface area (Å²) >= 11 is 8.60. The lowest BCUT2D eigenvalue weighted by molar-refractivity contribution is -0.118. The van der Waals surface area contributed by atoms with Crippen molar-refractivity contribution in [1.82, 2.24) is 15.2 Å². The molecule has 10 heteroatoms. The van der Waals surface area contributed by atoms with Crippen LogP contribution in [0.25, 0.3) is 11.3 Å². The molecule has 0 N–H and O–H groups in total. The smallest absolute Gasteiger partial charge is 0.247 e. The maximum Gasteiger partial charge on any atom is 0.247 e. The normalized spacial score (nSPS) is 14.3. The van der Waals surface area contributed by atoms with Gasteiger partial charge in [0, 0.05) is 17.0 Å². The maximum absolute atomic E-state index is 13.2. The summed E-state index contributed by atoms with van der Waals surface area (Å²) in [6, 6.07) is 21.2. The number of carbonyl (C=O) groups is 1. The van der Waals surface area contributed by atoms with E-state index in [1.165, 1.54) is 18.7 Å². The molecule has 0 radical (unpaired) electrons. The molecule has 1 unspecified atom stereocenters. The van der Waals surface area contributed by atoms with Crippen LogP contribution in [-0.4, -0.2) is 27.3 Å². The van der Waals surface area contributed by atoms with Gasteiger partial charge in [0.15, 0.2) is 5.69 Å². The summed E-state index contributed by atoms with van der Waals surface area (Å²) in [5, 5.41) is 9.08. The second-order valence-corrected chi connectivity index (χ2v) is 10.5. The lowest BCUT2D eigenvalue weighted by Gasteiger charge is -2.31. The van der Waals surface area contributed by atoms with Gasteiger partial charge in [0.1, 0.15) is 12.4 Å². The van der Waals surface area contributed by atoms with Crippen molar-refractivity contribution in [3.8, 4) is 22.9 Å². The minimum atomic E-state index is -0.879. The zero-order chi connectivity index (χ0) is 25.2. The Morgan fingerprint density at radius 3 is 2.58 bits per heavy atom. The van der Waals surface area contributed by atoms with E-state index in [0.717, 1.165) is 14.5 Å². The molecule has 0 saturated carbocycles. The highest BCUT2D eigenvalue weighted by Crippen LogP contribution is 2.47. The number of carbonyl (C=O) groups excluding carboxylic acids is 1. The molecule has 1 aliphatic heterocycles. The lowest BCUT2D eigenvalue weighted by Crippen LogP contribution is -2.36. The van der Waals surface area contributed by atoms with E-state index in [4.69, 9.17) is 9.47 Å². The standard InChI is InChI=1S/C26H20Br2N4O3S/c1-15(33)32-21-11-7-6-10-18(21)22-24(29-26(36-2)31-30-22)35-25(32)19-12-17(27)13-20(28)23(19)34-14-16-8-4-3-5-9-16/h3-13,25H,14H2,1-2H3. The lowest BCUT2D eigenvalue weighted by atomic mass is 10.1. The average Bonchev–Trinajstić information content (AvgIpc) is 3.02. The molecule has 0 fully saturated rings. The topological polar surface area (TPSA) is 77.4 Å². The van der Waals surface area contributed by atoms with Gasteiger partial charge in [-0.2, -0.15) is 4.98 Å². The Kier molecular flexibility index (Phi) is 7.27. The van der Waals surface area contributed by atoms with Gasteiger partial charge in [0.25, 0.3) is 0 Å². The van der Waals surface area contributed by atoms with Crippen LogP contribution in [0.2, 0.25) is 0 Å². The summed E-state index contributed by atoms with van der Waals surface area (Å²) in [4.78, 5) is 19.3. The third-order valence-electron chi connectivity index (χ3n) is 5.56. The number of halogens is 2. The van der Waals surface area contributed by atoms with Gasteiger partial charge in [-0.1, -0.05) is 76.2 Å². The third kappa shape index (κ3) is 4.85. The fourth-order valence-corrected chi connectivity index (χ4v) is 5.66. The van der Waals surface area contributed by atoms with Crippen molar-refractivity contribution in [1.29, 1.82) is 0 Å². The van der Waals surface area contributed by atoms with Crippen LogP contribution in [-0.2, 0) is 11.4 Å². The number of nitrogens with zero attached hydrogens (tertiary/aromatic N) is 4. The van der Waals surface area contributed by atoms with Crippen molar-refractivity contribution < 1.29 is 14.3 Å². The summed E-state index contributed by atoms with van der Waals surface area (Å²) < 4.78 is 14.3. The number of rotatable bonds is 5. The molecule has 1 aromatic heterocycles. The van der Waals surface area contributed by atoms with Gasteiger partial charge in [-0.25, -0.2) is 0 Å². The number of fused-ring (bicyclic) bond motifs is 3. The monoisotopic (exact) mass is 626 g/mol. The highest BCUT2D eigenvalue weighted by Gasteiger charge is 2.36. The fraction of sp³-hybridized carbons (Fsp3) is 0.154. The van der Waals surface area contributed by atoms with Gasteiger partial charge in [0.05, 0.1) is 15.7 Å². The Hall–Kier alpha value is -2.95. The fourth-order valence-electron chi connectivity index (χ4n) is 3.99. The Bertz CT molecular complexity index is 1440. The minimum Gasteiger partial charge on any atom is -0.487 e. The molecule has 5 rings (SSSR count). The molecule has 2 heterocycles. The number of aromatic nitrogens is 3. The second kappa shape index (κ2) is 10.6. The van der Waals surface area contributed by atoms with Gasteiger partial charge in [-0.15, -0.1) is 10.2 Å². The van der Waals surface area contributed by atoms with Crippen molar-refractivity contribution in [3.63, 3.8) is 0 Å². The molecule has 3 aromatic carbocycles. The molecule has 1 aliphatic rings. The van der Waals surface area contributed by atoms with Crippen LogP contribution in [0, 0.1) is 0 Å². The largest absolute Gasteiger partial charge is 0.487 e. The first-order chi connectivity index (χ1) is 17.5. The first kappa shape index (κ1) is 24.7. The first-order valence-electron chi connectivity index (χ1n) is 11.0. The number of hydrogen-bond donors (Lipinski definition) is 0. The number of benzene rings is 3. The Morgan fingerprint density at radius 1 is 1.08 bits per heavy atom. The van der Waals surface area contributed by atoms with E-state index >= 15 is 0 Å². The maximum atomic E-state index is 13.2. The molecule has 4 aromatic rings. The van der Waals surface area contributed by atoms with Crippen LogP contribution in [0.3, 0.4) is 0 Å². The predicted octanol–water partition coefficient (Wildman–Crippen LogP) is 6.81. The SMILES string of the molecule is CSc1nnc2c(n1)OC(c1cc(Br)cc(Br)c1OCc1ccccc1)N(C(C)=O)c1ccccc1-2. The summed E-state index contributed by atoms with van der Waals surface area (Å²) in [6.07, 6.45) is 0.991. The number of thioether (sulfide) groups is 1. The van der Waals surface area contributed by atoms with E-state index in [1.807, 2.05) is 73.0 Å². The van der Waals surface area contributed by atoms with Crippen LogP contribution in [0.5, 0.6) is 11.6 Å². The molecular formula is C26H20Br2N4O3S. The summed E-state index contributed by atoms with van der Waals surface area (Å²) in [5.74, 6) is 0.649. The molecule has 0 bridgehead atoms. The number of ether oxygens (including phenoxy) is 2. The van der Waals surface area contributed by atoms with Crippen LogP contribution in [0.15, 0.2) is 80.8 Å². The number of hydrogen-bond acceptors (Lipinski definition) is 7. The van der Waals surface area contributed by atoms with Crippen molar-refractivity contribution in [2.75, 3.05) is 11.2 Å². The zero-order valence-corrected chi connectivity index (χ0v) is 23.3. The summed E-state index contributed by atoms with van der Waals surface area (Å²) in [6.45, 7) is 1.85. The minimum absolute atomic E-state index is 0.205. The number of anilines is 1. The molecule has 36 heavy (non-hydrogen) atoms. The van der Waals surface area contributed by atoms with Gasteiger partial charge < -0.3 is 9.47 Å². The molecule has 1 atom stereocenters. The second-order valence-electron chi connectivity index (χ2n) is 7.91. The summed E-state index contributed by atoms with van der Waals surface area (Å²) in [7, 11) is 0. The van der Waals surface area contributed by atoms with Crippen molar-refractivity contribution in [2.24, 2.45) is 0 Å². The summed E-state index contributed by atoms with van der Waals surface area (Å²) in [5.41, 5.74) is 3.48. The van der Waals surface area contributed by atoms with Gasteiger partial charge >= 0.3 is 0 Å². The third-order valence-corrected chi connectivity index (χ3v) is 7.15. The van der Waals surface area contributed by atoms with E-state index in [-0.39, 0.29) is 5.91 Å². The van der Waals surface area contributed by atoms with Crippen molar-refractivity contribution >= 4 is 55.2 Å². The molecule has 0 spiro atoms. The zero-order valence-electron chi connectivity index (χ0n) is 19.3. The quantitative estimate of drug-likeness (QED) is 0.225. The van der Waals surface area contributed by atoms with Crippen LogP contribution in [0.4, 0.5) is 5.69 Å². The molecule has 7 nitrogen and oxygen atoms in total. The van der Waals surface area contributed by atoms with Gasteiger partial charge in [0.2, 0.25) is 23.2 Å². The van der Waals surface area contributed by atoms with E-state index < -0.39 is 6.23 Å². The van der Waals surface area contributed by atoms with E-state index in [2.05, 4.69) is 47.0 Å². The molecular weight excluding hydrogens is 608 g/mol. The van der Waals surface area contributed by atoms with E-state index in [1.54, 1.807) is 4.90 Å². The Balaban J connectivity index is 1.69. The molecule has 182 valence electrons. The van der Waals surface area contributed by atoms with E-state index in [9.17, 15) is 4.79 Å².